The Kier molecular flexibility index (Phi) is 3.12. The molecular weight excluding hydrogens is 240 g/mol. The molecule has 18 heavy (non-hydrogen) atoms. The van der Waals surface area contributed by atoms with E-state index in [1.54, 1.807) is 5.56 Å². The number of hydrogen-bond acceptors (Lipinski definition) is 2. The Labute approximate surface area is 113 Å². The van der Waals surface area contributed by atoms with Crippen LogP contribution in [-0.2, 0) is 0 Å². The number of benzene rings is 1. The summed E-state index contributed by atoms with van der Waals surface area (Å²) in [5.74, 6) is 1.87. The van der Waals surface area contributed by atoms with Crippen molar-refractivity contribution in [1.82, 2.24) is 9.88 Å². The predicted octanol–water partition coefficient (Wildman–Crippen LogP) is 3.70. The third kappa shape index (κ3) is 1.86. The third-order valence-electron chi connectivity index (χ3n) is 4.15. The topological polar surface area (TPSA) is 19.0 Å². The summed E-state index contributed by atoms with van der Waals surface area (Å²) in [6, 6.07) is 9.29. The van der Waals surface area contributed by atoms with Crippen molar-refractivity contribution in [3.05, 3.63) is 29.8 Å². The minimum Gasteiger partial charge on any atom is -0.349 e. The molecule has 2 aromatic rings. The van der Waals surface area contributed by atoms with Gasteiger partial charge in [-0.2, -0.15) is 0 Å². The molecule has 3 heteroatoms. The molecular formula is C15H20N2S. The van der Waals surface area contributed by atoms with Crippen LogP contribution in [0.2, 0.25) is 0 Å². The van der Waals surface area contributed by atoms with E-state index < -0.39 is 0 Å². The summed E-state index contributed by atoms with van der Waals surface area (Å²) in [6.07, 6.45) is 1.28. The summed E-state index contributed by atoms with van der Waals surface area (Å²) in [4.78, 5) is 5.92. The number of thioether (sulfide) groups is 1. The van der Waals surface area contributed by atoms with Crippen molar-refractivity contribution in [1.29, 1.82) is 0 Å². The molecule has 3 rings (SSSR count). The molecule has 1 aromatic carbocycles. The van der Waals surface area contributed by atoms with Gasteiger partial charge >= 0.3 is 0 Å². The lowest BCUT2D eigenvalue weighted by atomic mass is 9.89. The largest absolute Gasteiger partial charge is 0.349 e. The first kappa shape index (κ1) is 12.1. The second-order valence-electron chi connectivity index (χ2n) is 5.36. The minimum absolute atomic E-state index is 0.587. The van der Waals surface area contributed by atoms with Gasteiger partial charge in [-0.25, -0.2) is 0 Å². The molecule has 1 N–H and O–H groups in total. The van der Waals surface area contributed by atoms with E-state index in [9.17, 15) is 0 Å². The number of fused-ring (bicyclic) bond motifs is 3. The molecule has 2 unspecified atom stereocenters. The first-order valence-corrected chi connectivity index (χ1v) is 7.57. The monoisotopic (exact) mass is 260 g/mol. The van der Waals surface area contributed by atoms with Gasteiger partial charge in [-0.05, 0) is 39.1 Å². The quantitative estimate of drug-likeness (QED) is 0.888. The van der Waals surface area contributed by atoms with E-state index in [0.717, 1.165) is 0 Å². The highest BCUT2D eigenvalue weighted by Gasteiger charge is 2.29. The second-order valence-corrected chi connectivity index (χ2v) is 6.47. The Balaban J connectivity index is 2.14. The van der Waals surface area contributed by atoms with Crippen LogP contribution in [0.5, 0.6) is 0 Å². The zero-order chi connectivity index (χ0) is 12.7. The van der Waals surface area contributed by atoms with E-state index in [1.165, 1.54) is 28.1 Å². The van der Waals surface area contributed by atoms with E-state index >= 15 is 0 Å². The first-order valence-electron chi connectivity index (χ1n) is 6.58. The first-order chi connectivity index (χ1) is 8.68. The number of hydrogen-bond donors (Lipinski definition) is 1. The van der Waals surface area contributed by atoms with Crippen LogP contribution in [0.15, 0.2) is 29.3 Å². The molecule has 0 fully saturated rings. The highest BCUT2D eigenvalue weighted by Crippen LogP contribution is 2.43. The molecule has 0 amide bonds. The molecule has 0 spiro atoms. The van der Waals surface area contributed by atoms with Crippen molar-refractivity contribution in [3.63, 3.8) is 0 Å². The Bertz CT molecular complexity index is 559. The number of likely N-dealkylation sites (N-methyl/N-ethyl adjacent to an activating group) is 1. The van der Waals surface area contributed by atoms with Crippen molar-refractivity contribution in [2.75, 3.05) is 19.8 Å². The third-order valence-corrected chi connectivity index (χ3v) is 5.20. The fraction of sp³-hybridized carbons (Fsp3) is 0.467. The van der Waals surface area contributed by atoms with Gasteiger partial charge in [0.15, 0.2) is 0 Å². The van der Waals surface area contributed by atoms with E-state index in [-0.39, 0.29) is 0 Å². The number of rotatable bonds is 2. The number of nitrogens with one attached hydrogen (secondary N) is 1. The fourth-order valence-electron chi connectivity index (χ4n) is 2.90. The van der Waals surface area contributed by atoms with Crippen LogP contribution in [0, 0.1) is 0 Å². The molecule has 2 nitrogen and oxygen atoms in total. The smallest absolute Gasteiger partial charge is 0.0768 e. The number of para-hydroxylation sites is 1. The lowest BCUT2D eigenvalue weighted by molar-refractivity contribution is 0.266. The molecule has 0 aliphatic carbocycles. The molecule has 0 saturated heterocycles. The number of aromatic nitrogens is 1. The number of aromatic amines is 1. The van der Waals surface area contributed by atoms with Crippen molar-refractivity contribution < 1.29 is 0 Å². The average molecular weight is 260 g/mol. The van der Waals surface area contributed by atoms with Gasteiger partial charge < -0.3 is 9.88 Å². The van der Waals surface area contributed by atoms with Gasteiger partial charge in [0, 0.05) is 28.6 Å². The van der Waals surface area contributed by atoms with Crippen LogP contribution in [-0.4, -0.2) is 35.8 Å². The van der Waals surface area contributed by atoms with E-state index in [0.29, 0.717) is 12.0 Å². The summed E-state index contributed by atoms with van der Waals surface area (Å²) in [6.45, 7) is 2.34. The van der Waals surface area contributed by atoms with Crippen LogP contribution in [0.3, 0.4) is 0 Å². The predicted molar refractivity (Wildman–Crippen MR) is 79.5 cm³/mol. The Morgan fingerprint density at radius 2 is 2.11 bits per heavy atom. The van der Waals surface area contributed by atoms with E-state index in [4.69, 9.17) is 0 Å². The lowest BCUT2D eigenvalue weighted by Gasteiger charge is -2.32. The average Bonchev–Trinajstić information content (AvgIpc) is 2.76. The zero-order valence-electron chi connectivity index (χ0n) is 11.2. The lowest BCUT2D eigenvalue weighted by Crippen LogP contribution is -2.32. The van der Waals surface area contributed by atoms with Gasteiger partial charge in [0.1, 0.15) is 0 Å². The number of nitrogens with zero attached hydrogens (tertiary/aromatic N) is 1. The standard InChI is InChI=1S/C15H20N2S/c1-10(17(2)3)11-8-9-18-15-14(11)12-6-4-5-7-13(12)16-15/h4-7,10-11,16H,8-9H2,1-3H3. The van der Waals surface area contributed by atoms with Crippen molar-refractivity contribution in [2.45, 2.75) is 30.3 Å². The van der Waals surface area contributed by atoms with Crippen LogP contribution in [0.25, 0.3) is 10.9 Å². The summed E-state index contributed by atoms with van der Waals surface area (Å²) in [5, 5.41) is 2.81. The second kappa shape index (κ2) is 4.63. The van der Waals surface area contributed by atoms with Gasteiger partial charge in [0.25, 0.3) is 0 Å². The Hall–Kier alpha value is -0.930. The van der Waals surface area contributed by atoms with Gasteiger partial charge in [-0.3, -0.25) is 0 Å². The normalized spacial score (nSPS) is 21.2. The van der Waals surface area contributed by atoms with Crippen LogP contribution < -0.4 is 0 Å². The molecule has 0 saturated carbocycles. The van der Waals surface area contributed by atoms with Gasteiger partial charge in [0.2, 0.25) is 0 Å². The van der Waals surface area contributed by atoms with Crippen molar-refractivity contribution in [3.8, 4) is 0 Å². The summed E-state index contributed by atoms with van der Waals surface area (Å²) < 4.78 is 0. The SMILES string of the molecule is CC(C1CCSc2[nH]c3ccccc3c21)N(C)C. The molecule has 1 aromatic heterocycles. The highest BCUT2D eigenvalue weighted by atomic mass is 32.2. The maximum absolute atomic E-state index is 3.58. The van der Waals surface area contributed by atoms with Gasteiger partial charge in [-0.1, -0.05) is 18.2 Å². The summed E-state index contributed by atoms with van der Waals surface area (Å²) in [7, 11) is 4.36. The molecule has 1 aliphatic heterocycles. The molecule has 2 heterocycles. The molecule has 1 aliphatic rings. The zero-order valence-corrected chi connectivity index (χ0v) is 12.1. The number of H-pyrrole nitrogens is 1. The van der Waals surface area contributed by atoms with E-state index in [2.05, 4.69) is 55.2 Å². The van der Waals surface area contributed by atoms with Gasteiger partial charge in [-0.15, -0.1) is 11.8 Å². The minimum atomic E-state index is 0.587. The van der Waals surface area contributed by atoms with Crippen molar-refractivity contribution >= 4 is 22.7 Å². The van der Waals surface area contributed by atoms with Gasteiger partial charge in [0.05, 0.1) is 5.03 Å². The molecule has 0 radical (unpaired) electrons. The van der Waals surface area contributed by atoms with E-state index in [1.807, 2.05) is 11.8 Å². The fourth-order valence-corrected chi connectivity index (χ4v) is 4.07. The van der Waals surface area contributed by atoms with Crippen LogP contribution in [0.1, 0.15) is 24.8 Å². The molecule has 96 valence electrons. The Morgan fingerprint density at radius 1 is 1.33 bits per heavy atom. The maximum Gasteiger partial charge on any atom is 0.0768 e. The maximum atomic E-state index is 3.58. The molecule has 0 bridgehead atoms. The summed E-state index contributed by atoms with van der Waals surface area (Å²) >= 11 is 1.97. The highest BCUT2D eigenvalue weighted by molar-refractivity contribution is 7.99. The van der Waals surface area contributed by atoms with Crippen LogP contribution >= 0.6 is 11.8 Å². The van der Waals surface area contributed by atoms with Crippen molar-refractivity contribution in [2.24, 2.45) is 0 Å². The summed E-state index contributed by atoms with van der Waals surface area (Å²) in [5.41, 5.74) is 2.83. The molecule has 2 atom stereocenters. The Morgan fingerprint density at radius 3 is 2.89 bits per heavy atom. The van der Waals surface area contributed by atoms with Crippen LogP contribution in [0.4, 0.5) is 0 Å².